The number of hydrogen-bond acceptors (Lipinski definition) is 2. The minimum atomic E-state index is -0.0795. The molecule has 0 atom stereocenters. The van der Waals surface area contributed by atoms with Crippen molar-refractivity contribution in [2.75, 3.05) is 13.1 Å². The maximum Gasteiger partial charge on any atom is 0.267 e. The second-order valence-electron chi connectivity index (χ2n) is 3.69. The molecule has 0 aliphatic heterocycles. The molecule has 0 radical (unpaired) electrons. The fraction of sp³-hybridized carbons (Fsp3) is 0.250. The Kier molecular flexibility index (Phi) is 4.54. The molecule has 0 spiro atoms. The van der Waals surface area contributed by atoms with Gasteiger partial charge in [-0.15, -0.1) is 12.4 Å². The lowest BCUT2D eigenvalue weighted by atomic mass is 10.2. The van der Waals surface area contributed by atoms with Gasteiger partial charge in [0.15, 0.2) is 0 Å². The van der Waals surface area contributed by atoms with E-state index in [4.69, 9.17) is 5.73 Å². The molecule has 2 aromatic rings. The number of benzene rings is 1. The van der Waals surface area contributed by atoms with Gasteiger partial charge in [-0.05, 0) is 12.1 Å². The van der Waals surface area contributed by atoms with Crippen molar-refractivity contribution in [3.63, 3.8) is 0 Å². The summed E-state index contributed by atoms with van der Waals surface area (Å²) in [4.78, 5) is 11.8. The van der Waals surface area contributed by atoms with E-state index in [-0.39, 0.29) is 18.3 Å². The second-order valence-corrected chi connectivity index (χ2v) is 3.69. The van der Waals surface area contributed by atoms with Crippen LogP contribution in [0, 0.1) is 0 Å². The third-order valence-corrected chi connectivity index (χ3v) is 2.61. The van der Waals surface area contributed by atoms with Crippen molar-refractivity contribution in [1.29, 1.82) is 0 Å². The molecule has 4 nitrogen and oxygen atoms in total. The molecule has 0 unspecified atom stereocenters. The van der Waals surface area contributed by atoms with Crippen molar-refractivity contribution in [3.8, 4) is 0 Å². The normalized spacial score (nSPS) is 10.0. The molecule has 17 heavy (non-hydrogen) atoms. The molecule has 1 aromatic carbocycles. The third kappa shape index (κ3) is 2.60. The molecular weight excluding hydrogens is 238 g/mol. The second kappa shape index (κ2) is 5.70. The van der Waals surface area contributed by atoms with Crippen molar-refractivity contribution >= 4 is 29.2 Å². The number of rotatable bonds is 3. The van der Waals surface area contributed by atoms with E-state index in [1.807, 2.05) is 41.9 Å². The van der Waals surface area contributed by atoms with Crippen LogP contribution in [0.1, 0.15) is 10.5 Å². The predicted octanol–water partition coefficient (Wildman–Crippen LogP) is 1.29. The molecule has 0 aliphatic rings. The zero-order valence-corrected chi connectivity index (χ0v) is 10.5. The average Bonchev–Trinajstić information content (AvgIpc) is 2.64. The van der Waals surface area contributed by atoms with Gasteiger partial charge in [-0.1, -0.05) is 18.2 Å². The molecule has 0 saturated heterocycles. The maximum atomic E-state index is 11.8. The summed E-state index contributed by atoms with van der Waals surface area (Å²) in [6, 6.07) is 9.80. The number of aromatic nitrogens is 1. The van der Waals surface area contributed by atoms with Crippen LogP contribution in [0.4, 0.5) is 0 Å². The van der Waals surface area contributed by atoms with Crippen LogP contribution in [-0.2, 0) is 7.05 Å². The number of hydrogen-bond donors (Lipinski definition) is 2. The number of amides is 1. The van der Waals surface area contributed by atoms with Crippen LogP contribution in [0.25, 0.3) is 10.9 Å². The molecule has 0 aliphatic carbocycles. The van der Waals surface area contributed by atoms with Gasteiger partial charge in [0.1, 0.15) is 5.69 Å². The largest absolute Gasteiger partial charge is 0.349 e. The first-order valence-electron chi connectivity index (χ1n) is 5.27. The van der Waals surface area contributed by atoms with Crippen LogP contribution in [0.2, 0.25) is 0 Å². The van der Waals surface area contributed by atoms with E-state index in [0.717, 1.165) is 10.9 Å². The average molecular weight is 254 g/mol. The van der Waals surface area contributed by atoms with Crippen molar-refractivity contribution in [3.05, 3.63) is 36.0 Å². The number of halogens is 1. The number of fused-ring (bicyclic) bond motifs is 1. The molecule has 0 bridgehead atoms. The van der Waals surface area contributed by atoms with E-state index >= 15 is 0 Å². The Bertz CT molecular complexity index is 521. The van der Waals surface area contributed by atoms with Gasteiger partial charge in [-0.3, -0.25) is 4.79 Å². The Morgan fingerprint density at radius 2 is 2.12 bits per heavy atom. The minimum absolute atomic E-state index is 0. The van der Waals surface area contributed by atoms with Crippen molar-refractivity contribution in [2.24, 2.45) is 12.8 Å². The van der Waals surface area contributed by atoms with E-state index < -0.39 is 0 Å². The number of aryl methyl sites for hydroxylation is 1. The first-order valence-corrected chi connectivity index (χ1v) is 5.27. The van der Waals surface area contributed by atoms with E-state index in [1.54, 1.807) is 0 Å². The molecule has 1 amide bonds. The van der Waals surface area contributed by atoms with Crippen molar-refractivity contribution in [2.45, 2.75) is 0 Å². The highest BCUT2D eigenvalue weighted by Crippen LogP contribution is 2.17. The Labute approximate surface area is 106 Å². The van der Waals surface area contributed by atoms with Crippen LogP contribution in [0.5, 0.6) is 0 Å². The molecule has 1 aromatic heterocycles. The molecule has 3 N–H and O–H groups in total. The summed E-state index contributed by atoms with van der Waals surface area (Å²) in [6.07, 6.45) is 0. The molecule has 0 fully saturated rings. The Morgan fingerprint density at radius 1 is 1.41 bits per heavy atom. The molecule has 2 rings (SSSR count). The van der Waals surface area contributed by atoms with Gasteiger partial charge < -0.3 is 15.6 Å². The van der Waals surface area contributed by atoms with Crippen LogP contribution < -0.4 is 11.1 Å². The summed E-state index contributed by atoms with van der Waals surface area (Å²) in [5, 5.41) is 3.84. The number of carbonyl (C=O) groups excluding carboxylic acids is 1. The van der Waals surface area contributed by atoms with Crippen LogP contribution in [0.3, 0.4) is 0 Å². The molecule has 92 valence electrons. The highest BCUT2D eigenvalue weighted by Gasteiger charge is 2.11. The molecular formula is C12H16ClN3O. The summed E-state index contributed by atoms with van der Waals surface area (Å²) >= 11 is 0. The number of nitrogens with one attached hydrogen (secondary N) is 1. The van der Waals surface area contributed by atoms with Gasteiger partial charge in [0, 0.05) is 31.0 Å². The maximum absolute atomic E-state index is 11.8. The third-order valence-electron chi connectivity index (χ3n) is 2.61. The van der Waals surface area contributed by atoms with Crippen molar-refractivity contribution in [1.82, 2.24) is 9.88 Å². The van der Waals surface area contributed by atoms with Gasteiger partial charge in [0.25, 0.3) is 5.91 Å². The zero-order valence-electron chi connectivity index (χ0n) is 9.64. The fourth-order valence-electron chi connectivity index (χ4n) is 1.78. The summed E-state index contributed by atoms with van der Waals surface area (Å²) in [7, 11) is 1.89. The van der Waals surface area contributed by atoms with Gasteiger partial charge in [0.2, 0.25) is 0 Å². The van der Waals surface area contributed by atoms with Crippen LogP contribution in [0.15, 0.2) is 30.3 Å². The summed E-state index contributed by atoms with van der Waals surface area (Å²) < 4.78 is 1.89. The summed E-state index contributed by atoms with van der Waals surface area (Å²) in [5.74, 6) is -0.0795. The Balaban J connectivity index is 0.00000144. The lowest BCUT2D eigenvalue weighted by molar-refractivity contribution is 0.0947. The zero-order chi connectivity index (χ0) is 11.5. The lowest BCUT2D eigenvalue weighted by Crippen LogP contribution is -2.30. The minimum Gasteiger partial charge on any atom is -0.349 e. The number of nitrogens with zero attached hydrogens (tertiary/aromatic N) is 1. The number of carbonyl (C=O) groups is 1. The van der Waals surface area contributed by atoms with Crippen LogP contribution in [-0.4, -0.2) is 23.6 Å². The smallest absolute Gasteiger partial charge is 0.267 e. The van der Waals surface area contributed by atoms with E-state index in [1.165, 1.54) is 0 Å². The van der Waals surface area contributed by atoms with E-state index in [9.17, 15) is 4.79 Å². The van der Waals surface area contributed by atoms with Gasteiger partial charge in [0.05, 0.1) is 0 Å². The fourth-order valence-corrected chi connectivity index (χ4v) is 1.78. The number of nitrogens with two attached hydrogens (primary N) is 1. The monoisotopic (exact) mass is 253 g/mol. The van der Waals surface area contributed by atoms with Gasteiger partial charge in [-0.2, -0.15) is 0 Å². The molecule has 0 saturated carbocycles. The standard InChI is InChI=1S/C12H15N3O.ClH/c1-15-10-5-3-2-4-9(10)8-11(15)12(16)14-7-6-13;/h2-5,8H,6-7,13H2,1H3,(H,14,16);1H. The van der Waals surface area contributed by atoms with E-state index in [2.05, 4.69) is 5.32 Å². The lowest BCUT2D eigenvalue weighted by Gasteiger charge is -2.04. The SMILES string of the molecule is Cl.Cn1c(C(=O)NCCN)cc2ccccc21. The molecule has 1 heterocycles. The Morgan fingerprint density at radius 3 is 2.76 bits per heavy atom. The Hall–Kier alpha value is -1.52. The first kappa shape index (κ1) is 13.5. The highest BCUT2D eigenvalue weighted by molar-refractivity contribution is 5.98. The first-order chi connectivity index (χ1) is 7.74. The summed E-state index contributed by atoms with van der Waals surface area (Å²) in [5.41, 5.74) is 7.06. The molecule has 5 heteroatoms. The van der Waals surface area contributed by atoms with Gasteiger partial charge >= 0.3 is 0 Å². The van der Waals surface area contributed by atoms with Crippen molar-refractivity contribution < 1.29 is 4.79 Å². The quantitative estimate of drug-likeness (QED) is 0.866. The van der Waals surface area contributed by atoms with Gasteiger partial charge in [-0.25, -0.2) is 0 Å². The predicted molar refractivity (Wildman–Crippen MR) is 71.6 cm³/mol. The van der Waals surface area contributed by atoms with E-state index in [0.29, 0.717) is 18.8 Å². The highest BCUT2D eigenvalue weighted by atomic mass is 35.5. The number of para-hydroxylation sites is 1. The topological polar surface area (TPSA) is 60.0 Å². The van der Waals surface area contributed by atoms with Crippen LogP contribution >= 0.6 is 12.4 Å². The summed E-state index contributed by atoms with van der Waals surface area (Å²) in [6.45, 7) is 0.954.